The van der Waals surface area contributed by atoms with Crippen molar-refractivity contribution in [1.82, 2.24) is 0 Å². The number of aromatic carboxylic acids is 4. The first-order valence-electron chi connectivity index (χ1n) is 25.1. The quantitative estimate of drug-likeness (QED) is 0.0841. The average Bonchev–Trinajstić information content (AvgIpc) is 3.52. The molecule has 4 N–H and O–H groups in total. The van der Waals surface area contributed by atoms with Crippen LogP contribution >= 0.6 is 0 Å². The van der Waals surface area contributed by atoms with Crippen LogP contribution in [0.25, 0.3) is 111 Å². The molecule has 0 aliphatic heterocycles. The molecule has 0 saturated heterocycles. The zero-order valence-electron chi connectivity index (χ0n) is 41.7. The smallest absolute Gasteiger partial charge is 0.335 e. The summed E-state index contributed by atoms with van der Waals surface area (Å²) >= 11 is 0. The van der Waals surface area contributed by atoms with Crippen LogP contribution in [-0.4, -0.2) is 44.3 Å². The molecule has 0 aliphatic carbocycles. The normalized spacial score (nSPS) is 11.0. The molecule has 0 spiro atoms. The van der Waals surface area contributed by atoms with Crippen LogP contribution in [0.15, 0.2) is 255 Å². The second-order valence-corrected chi connectivity index (χ2v) is 19.0. The zero-order chi connectivity index (χ0) is 53.9. The van der Waals surface area contributed by atoms with Gasteiger partial charge in [0.15, 0.2) is 0 Å². The van der Waals surface area contributed by atoms with Gasteiger partial charge in [0.1, 0.15) is 0 Å². The fourth-order valence-electron chi connectivity index (χ4n) is 9.75. The minimum absolute atomic E-state index is 0.231. The van der Waals surface area contributed by atoms with E-state index in [0.29, 0.717) is 0 Å². The molecule has 0 atom stereocenters. The van der Waals surface area contributed by atoms with E-state index in [2.05, 4.69) is 109 Å². The molecular weight excluding hydrogens is 969 g/mol. The Morgan fingerprint density at radius 3 is 0.346 bits per heavy atom. The van der Waals surface area contributed by atoms with Crippen LogP contribution in [0, 0.1) is 0 Å². The molecule has 11 aromatic carbocycles. The first-order valence-corrected chi connectivity index (χ1v) is 25.1. The summed E-state index contributed by atoms with van der Waals surface area (Å²) in [6.07, 6.45) is 0. The number of rotatable bonds is 14. The van der Waals surface area contributed by atoms with Crippen molar-refractivity contribution in [2.75, 3.05) is 0 Å². The molecule has 0 radical (unpaired) electrons. The van der Waals surface area contributed by atoms with Crippen LogP contribution in [0.1, 0.15) is 41.4 Å². The Bertz CT molecular complexity index is 3530. The molecule has 0 heterocycles. The molecule has 0 amide bonds. The summed E-state index contributed by atoms with van der Waals surface area (Å²) in [5.41, 5.74) is 20.6. The van der Waals surface area contributed by atoms with Crippen molar-refractivity contribution >= 4 is 23.9 Å². The standard InChI is InChI=1S/C70H46O8/c71-67(72)57-29-21-47(22-30-57)43-1-9-51(10-2-43)61-37-62(52-11-3-44(4-12-52)48-23-31-58(32-24-48)68(73)74)40-65(39-61)55-17-19-56(20-18-55)66-41-63(53-13-5-45(6-14-53)49-25-33-59(34-26-49)69(75)76)38-64(42-66)54-15-7-46(8-16-54)50-27-35-60(36-28-50)70(77)78/h1-42H,(H,71,72)(H,73,74)(H,75,76)(H,77,78). The Kier molecular flexibility index (Phi) is 13.5. The van der Waals surface area contributed by atoms with Crippen molar-refractivity contribution in [3.8, 4) is 111 Å². The van der Waals surface area contributed by atoms with Gasteiger partial charge in [0.25, 0.3) is 0 Å². The van der Waals surface area contributed by atoms with E-state index in [4.69, 9.17) is 0 Å². The number of carboxylic acids is 4. The Morgan fingerprint density at radius 1 is 0.154 bits per heavy atom. The third kappa shape index (κ3) is 10.6. The van der Waals surface area contributed by atoms with Gasteiger partial charge in [0, 0.05) is 0 Å². The predicted molar refractivity (Wildman–Crippen MR) is 309 cm³/mol. The topological polar surface area (TPSA) is 149 Å². The number of hydrogen-bond donors (Lipinski definition) is 4. The molecule has 0 saturated carbocycles. The summed E-state index contributed by atoms with van der Waals surface area (Å²) in [4.78, 5) is 46.1. The number of hydrogen-bond acceptors (Lipinski definition) is 4. The van der Waals surface area contributed by atoms with Crippen molar-refractivity contribution in [1.29, 1.82) is 0 Å². The highest BCUT2D eigenvalue weighted by molar-refractivity contribution is 5.92. The lowest BCUT2D eigenvalue weighted by molar-refractivity contribution is 0.0686. The van der Waals surface area contributed by atoms with Crippen molar-refractivity contribution in [3.05, 3.63) is 277 Å². The fraction of sp³-hybridized carbons (Fsp3) is 0. The van der Waals surface area contributed by atoms with Crippen LogP contribution < -0.4 is 0 Å². The Hall–Kier alpha value is -10.7. The maximum absolute atomic E-state index is 11.5. The predicted octanol–water partition coefficient (Wildman–Crippen LogP) is 17.1. The average molecular weight is 1020 g/mol. The maximum atomic E-state index is 11.5. The molecule has 0 bridgehead atoms. The lowest BCUT2D eigenvalue weighted by atomic mass is 9.90. The third-order valence-electron chi connectivity index (χ3n) is 14.2. The molecule has 78 heavy (non-hydrogen) atoms. The Balaban J connectivity index is 0.952. The Labute approximate surface area is 449 Å². The third-order valence-corrected chi connectivity index (χ3v) is 14.2. The van der Waals surface area contributed by atoms with Crippen molar-refractivity contribution in [3.63, 3.8) is 0 Å². The van der Waals surface area contributed by atoms with Crippen LogP contribution in [0.5, 0.6) is 0 Å². The van der Waals surface area contributed by atoms with Gasteiger partial charge in [-0.1, -0.05) is 170 Å². The van der Waals surface area contributed by atoms with E-state index in [1.165, 1.54) is 0 Å². The monoisotopic (exact) mass is 1010 g/mol. The lowest BCUT2D eigenvalue weighted by Crippen LogP contribution is -1.95. The first kappa shape index (κ1) is 49.5. The molecule has 0 aliphatic rings. The van der Waals surface area contributed by atoms with Gasteiger partial charge < -0.3 is 20.4 Å². The van der Waals surface area contributed by atoms with Gasteiger partial charge in [-0.2, -0.15) is 0 Å². The second kappa shape index (κ2) is 21.3. The van der Waals surface area contributed by atoms with Crippen molar-refractivity contribution < 1.29 is 39.6 Å². The molecule has 8 nitrogen and oxygen atoms in total. The summed E-state index contributed by atoms with van der Waals surface area (Å²) in [6, 6.07) is 82.2. The van der Waals surface area contributed by atoms with Gasteiger partial charge in [0.05, 0.1) is 22.3 Å². The van der Waals surface area contributed by atoms with Crippen LogP contribution in [-0.2, 0) is 0 Å². The first-order chi connectivity index (χ1) is 37.9. The second-order valence-electron chi connectivity index (χ2n) is 19.0. The molecule has 0 aromatic heterocycles. The summed E-state index contributed by atoms with van der Waals surface area (Å²) in [6.45, 7) is 0. The number of carbonyl (C=O) groups is 4. The summed E-state index contributed by atoms with van der Waals surface area (Å²) < 4.78 is 0. The van der Waals surface area contributed by atoms with Gasteiger partial charge in [-0.15, -0.1) is 0 Å². The fourth-order valence-corrected chi connectivity index (χ4v) is 9.75. The van der Waals surface area contributed by atoms with Crippen LogP contribution in [0.3, 0.4) is 0 Å². The summed E-state index contributed by atoms with van der Waals surface area (Å²) in [5.74, 6) is -3.88. The van der Waals surface area contributed by atoms with Gasteiger partial charge in [0.2, 0.25) is 0 Å². The van der Waals surface area contributed by atoms with E-state index in [9.17, 15) is 39.6 Å². The molecule has 8 heteroatoms. The molecule has 11 aromatic rings. The van der Waals surface area contributed by atoms with E-state index in [-0.39, 0.29) is 22.3 Å². The highest BCUT2D eigenvalue weighted by atomic mass is 16.4. The molecule has 0 unspecified atom stereocenters. The van der Waals surface area contributed by atoms with Gasteiger partial charge in [-0.25, -0.2) is 19.2 Å². The largest absolute Gasteiger partial charge is 0.478 e. The minimum Gasteiger partial charge on any atom is -0.478 e. The van der Waals surface area contributed by atoms with Gasteiger partial charge in [-0.3, -0.25) is 0 Å². The highest BCUT2D eigenvalue weighted by Gasteiger charge is 2.14. The molecule has 11 rings (SSSR count). The number of benzene rings is 11. The van der Waals surface area contributed by atoms with Crippen molar-refractivity contribution in [2.45, 2.75) is 0 Å². The SMILES string of the molecule is O=C(O)c1ccc(-c2ccc(-c3cc(-c4ccc(-c5ccc(C(=O)O)cc5)cc4)cc(-c4ccc(-c5cc(-c6ccc(-c7ccc(C(=O)O)cc7)cc6)cc(-c6ccc(-c7ccc(C(=O)O)cc7)cc6)c5)cc4)c3)cc2)cc1. The zero-order valence-corrected chi connectivity index (χ0v) is 41.7. The minimum atomic E-state index is -0.970. The van der Waals surface area contributed by atoms with Crippen molar-refractivity contribution in [2.24, 2.45) is 0 Å². The van der Waals surface area contributed by atoms with E-state index in [0.717, 1.165) is 111 Å². The van der Waals surface area contributed by atoms with Crippen LogP contribution in [0.2, 0.25) is 0 Å². The molecule has 374 valence electrons. The molecular formula is C70H46O8. The summed E-state index contributed by atoms with van der Waals surface area (Å²) in [7, 11) is 0. The number of carboxylic acid groups (broad SMARTS) is 4. The summed E-state index contributed by atoms with van der Waals surface area (Å²) in [5, 5.41) is 37.7. The van der Waals surface area contributed by atoms with Gasteiger partial charge in [-0.05, 0) is 196 Å². The van der Waals surface area contributed by atoms with Gasteiger partial charge >= 0.3 is 23.9 Å². The van der Waals surface area contributed by atoms with E-state index in [1.807, 2.05) is 97.1 Å². The Morgan fingerprint density at radius 2 is 0.244 bits per heavy atom. The molecule has 0 fully saturated rings. The highest BCUT2D eigenvalue weighted by Crippen LogP contribution is 2.39. The van der Waals surface area contributed by atoms with E-state index >= 15 is 0 Å². The maximum Gasteiger partial charge on any atom is 0.335 e. The van der Waals surface area contributed by atoms with Crippen LogP contribution in [0.4, 0.5) is 0 Å². The van der Waals surface area contributed by atoms with E-state index < -0.39 is 23.9 Å². The van der Waals surface area contributed by atoms with E-state index in [1.54, 1.807) is 48.5 Å². The lowest BCUT2D eigenvalue weighted by Gasteiger charge is -2.14.